The summed E-state index contributed by atoms with van der Waals surface area (Å²) < 4.78 is 35.9. The molecule has 1 aliphatic heterocycles. The molecular weight excluding hydrogens is 389 g/mol. The van der Waals surface area contributed by atoms with Crippen LogP contribution in [-0.4, -0.2) is 31.8 Å². The van der Waals surface area contributed by atoms with Crippen molar-refractivity contribution in [1.82, 2.24) is 4.90 Å². The Morgan fingerprint density at radius 1 is 1.33 bits per heavy atom. The van der Waals surface area contributed by atoms with Gasteiger partial charge in [0.05, 0.1) is 6.54 Å². The van der Waals surface area contributed by atoms with Crippen LogP contribution in [0.3, 0.4) is 0 Å². The number of rotatable bonds is 6. The van der Waals surface area contributed by atoms with E-state index in [4.69, 9.17) is 15.9 Å². The molecule has 1 aromatic carbocycles. The Hall–Kier alpha value is -1.48. The molecule has 1 radical (unpaired) electrons. The standard InChI is InChI=1S/C18H16F2NO2.Y/c1-4-14-7-10-17(21(13(14)2)11-18(19)20)15-5-8-16(9-6-15)23-12-22-3;/h1,5-9,18H,2,11-12H2,3H3;/q-1;. The minimum absolute atomic E-state index is 0. The predicted octanol–water partition coefficient (Wildman–Crippen LogP) is 3.46. The van der Waals surface area contributed by atoms with Crippen molar-refractivity contribution in [3.63, 3.8) is 0 Å². The minimum atomic E-state index is -2.52. The van der Waals surface area contributed by atoms with E-state index in [9.17, 15) is 8.78 Å². The molecule has 24 heavy (non-hydrogen) atoms. The van der Waals surface area contributed by atoms with Gasteiger partial charge in [0.2, 0.25) is 0 Å². The van der Waals surface area contributed by atoms with Crippen LogP contribution in [0.1, 0.15) is 5.56 Å². The molecule has 0 N–H and O–H groups in total. The molecule has 0 unspecified atom stereocenters. The third-order valence-corrected chi connectivity index (χ3v) is 3.21. The summed E-state index contributed by atoms with van der Waals surface area (Å²) in [6, 6.07) is 6.97. The molecule has 6 heteroatoms. The number of allylic oxidation sites excluding steroid dienone is 3. The molecule has 0 amide bonds. The van der Waals surface area contributed by atoms with Crippen molar-refractivity contribution in [2.24, 2.45) is 0 Å². The second-order valence-corrected chi connectivity index (χ2v) is 4.72. The summed E-state index contributed by atoms with van der Waals surface area (Å²) in [7, 11) is 1.53. The predicted molar refractivity (Wildman–Crippen MR) is 84.4 cm³/mol. The Morgan fingerprint density at radius 3 is 2.54 bits per heavy atom. The Labute approximate surface area is 165 Å². The summed E-state index contributed by atoms with van der Waals surface area (Å²) >= 11 is 0. The third kappa shape index (κ3) is 5.01. The zero-order valence-electron chi connectivity index (χ0n) is 13.3. The van der Waals surface area contributed by atoms with Crippen molar-refractivity contribution < 1.29 is 51.0 Å². The normalized spacial score (nSPS) is 13.8. The van der Waals surface area contributed by atoms with Crippen LogP contribution < -0.4 is 4.74 Å². The quantitative estimate of drug-likeness (QED) is 0.411. The zero-order valence-corrected chi connectivity index (χ0v) is 16.1. The number of benzene rings is 1. The molecule has 1 aromatic rings. The van der Waals surface area contributed by atoms with Crippen LogP contribution in [-0.2, 0) is 37.4 Å². The molecule has 3 nitrogen and oxygen atoms in total. The molecule has 123 valence electrons. The van der Waals surface area contributed by atoms with Gasteiger partial charge >= 0.3 is 0 Å². The largest absolute Gasteiger partial charge is 0.468 e. The van der Waals surface area contributed by atoms with Gasteiger partial charge in [-0.3, -0.25) is 0 Å². The first-order chi connectivity index (χ1) is 11.1. The number of nitrogens with zero attached hydrogens (tertiary/aromatic N) is 1. The van der Waals surface area contributed by atoms with Crippen LogP contribution in [0.15, 0.2) is 48.2 Å². The van der Waals surface area contributed by atoms with Crippen LogP contribution in [0.2, 0.25) is 0 Å². The van der Waals surface area contributed by atoms with Gasteiger partial charge in [-0.1, -0.05) is 23.4 Å². The number of hydrogen-bond donors (Lipinski definition) is 0. The van der Waals surface area contributed by atoms with Crippen LogP contribution in [0.5, 0.6) is 5.75 Å². The molecule has 0 aliphatic carbocycles. The fourth-order valence-corrected chi connectivity index (χ4v) is 2.12. The van der Waals surface area contributed by atoms with Gasteiger partial charge in [-0.25, -0.2) is 8.78 Å². The second-order valence-electron chi connectivity index (χ2n) is 4.72. The Bertz CT molecular complexity index is 675. The summed E-state index contributed by atoms with van der Waals surface area (Å²) in [5.74, 6) is 3.04. The molecule has 0 atom stereocenters. The fraction of sp³-hybridized carbons (Fsp3) is 0.222. The van der Waals surface area contributed by atoms with Gasteiger partial charge in [-0.15, -0.1) is 24.5 Å². The van der Waals surface area contributed by atoms with Gasteiger partial charge in [-0.2, -0.15) is 12.2 Å². The van der Waals surface area contributed by atoms with Crippen molar-refractivity contribution >= 4 is 5.70 Å². The summed E-state index contributed by atoms with van der Waals surface area (Å²) in [5, 5.41) is 0. The van der Waals surface area contributed by atoms with E-state index in [-0.39, 0.29) is 39.5 Å². The van der Waals surface area contributed by atoms with E-state index < -0.39 is 13.0 Å². The molecule has 1 heterocycles. The van der Waals surface area contributed by atoms with Crippen LogP contribution in [0.25, 0.3) is 5.70 Å². The molecule has 2 rings (SSSR count). The van der Waals surface area contributed by atoms with Crippen LogP contribution >= 0.6 is 0 Å². The maximum absolute atomic E-state index is 12.9. The first kappa shape index (κ1) is 20.6. The molecule has 0 spiro atoms. The summed E-state index contributed by atoms with van der Waals surface area (Å²) in [4.78, 5) is 1.38. The van der Waals surface area contributed by atoms with E-state index in [1.54, 1.807) is 30.3 Å². The minimum Gasteiger partial charge on any atom is -0.468 e. The smallest absolute Gasteiger partial charge is 0.256 e. The SMILES string of the molecule is C#CC1=C[C-]=C(c2ccc(OCOC)cc2)N(CC(F)F)C1=C.[Y]. The van der Waals surface area contributed by atoms with Crippen LogP contribution in [0, 0.1) is 18.4 Å². The Balaban J connectivity index is 0.00000288. The number of halogens is 2. The molecule has 0 saturated carbocycles. The van der Waals surface area contributed by atoms with E-state index in [0.717, 1.165) is 0 Å². The van der Waals surface area contributed by atoms with E-state index in [0.29, 0.717) is 28.3 Å². The van der Waals surface area contributed by atoms with Crippen molar-refractivity contribution in [3.8, 4) is 18.1 Å². The van der Waals surface area contributed by atoms with Gasteiger partial charge in [0.1, 0.15) is 5.75 Å². The van der Waals surface area contributed by atoms with E-state index in [1.165, 1.54) is 12.0 Å². The van der Waals surface area contributed by atoms with Gasteiger partial charge in [0, 0.05) is 39.8 Å². The number of hydrogen-bond acceptors (Lipinski definition) is 3. The van der Waals surface area contributed by atoms with Crippen molar-refractivity contribution in [2.75, 3.05) is 20.4 Å². The summed E-state index contributed by atoms with van der Waals surface area (Å²) in [5.41, 5.74) is 2.01. The van der Waals surface area contributed by atoms with E-state index in [2.05, 4.69) is 18.6 Å². The number of terminal acetylenes is 1. The molecule has 1 aliphatic rings. The molecule has 0 saturated heterocycles. The average molecular weight is 405 g/mol. The molecule has 0 aromatic heterocycles. The zero-order chi connectivity index (χ0) is 16.8. The maximum Gasteiger partial charge on any atom is 0.256 e. The topological polar surface area (TPSA) is 21.7 Å². The fourth-order valence-electron chi connectivity index (χ4n) is 2.12. The third-order valence-electron chi connectivity index (χ3n) is 3.21. The molecule has 0 fully saturated rings. The number of ether oxygens (including phenoxy) is 2. The van der Waals surface area contributed by atoms with E-state index >= 15 is 0 Å². The first-order valence-electron chi connectivity index (χ1n) is 6.84. The average Bonchev–Trinajstić information content (AvgIpc) is 2.55. The van der Waals surface area contributed by atoms with Crippen molar-refractivity contribution in [1.29, 1.82) is 0 Å². The molecular formula is C18H16F2NO2Y-. The Kier molecular flexibility index (Phi) is 8.34. The van der Waals surface area contributed by atoms with Gasteiger partial charge in [-0.05, 0) is 17.8 Å². The van der Waals surface area contributed by atoms with E-state index in [1.807, 2.05) is 0 Å². The van der Waals surface area contributed by atoms with Crippen molar-refractivity contribution in [3.05, 3.63) is 59.8 Å². The summed E-state index contributed by atoms with van der Waals surface area (Å²) in [6.45, 7) is 3.45. The second kappa shape index (κ2) is 9.73. The maximum atomic E-state index is 12.9. The summed E-state index contributed by atoms with van der Waals surface area (Å²) in [6.07, 6.45) is 7.38. The van der Waals surface area contributed by atoms with Crippen LogP contribution in [0.4, 0.5) is 8.78 Å². The monoisotopic (exact) mass is 405 g/mol. The number of alkyl halides is 2. The first-order valence-corrected chi connectivity index (χ1v) is 6.84. The van der Waals surface area contributed by atoms with Crippen molar-refractivity contribution in [2.45, 2.75) is 6.43 Å². The molecule has 0 bridgehead atoms. The van der Waals surface area contributed by atoms with Gasteiger partial charge in [0.25, 0.3) is 6.43 Å². The van der Waals surface area contributed by atoms with Gasteiger partial charge < -0.3 is 14.4 Å². The van der Waals surface area contributed by atoms with Gasteiger partial charge in [0.15, 0.2) is 6.79 Å². The Morgan fingerprint density at radius 2 is 2.00 bits per heavy atom. The number of methoxy groups -OCH3 is 1.